The van der Waals surface area contributed by atoms with Crippen molar-refractivity contribution in [1.29, 1.82) is 0 Å². The van der Waals surface area contributed by atoms with Crippen LogP contribution < -0.4 is 5.32 Å². The van der Waals surface area contributed by atoms with Crippen molar-refractivity contribution in [3.63, 3.8) is 0 Å². The summed E-state index contributed by atoms with van der Waals surface area (Å²) in [5.41, 5.74) is 2.19. The third-order valence-electron chi connectivity index (χ3n) is 6.42. The molecule has 3 heterocycles. The minimum Gasteiger partial charge on any atom is -0.438 e. The van der Waals surface area contributed by atoms with E-state index in [2.05, 4.69) is 5.32 Å². The highest BCUT2D eigenvalue weighted by Crippen LogP contribution is 2.36. The molecule has 2 aromatic carbocycles. The number of likely N-dealkylation sites (tertiary alicyclic amines) is 1. The van der Waals surface area contributed by atoms with E-state index in [9.17, 15) is 14.4 Å². The molecule has 2 fully saturated rings. The van der Waals surface area contributed by atoms with Gasteiger partial charge in [0.15, 0.2) is 12.1 Å². The maximum absolute atomic E-state index is 13.7. The maximum atomic E-state index is 13.7. The van der Waals surface area contributed by atoms with Crippen LogP contribution in [-0.2, 0) is 16.1 Å². The van der Waals surface area contributed by atoms with Gasteiger partial charge in [0, 0.05) is 18.8 Å². The third kappa shape index (κ3) is 5.07. The van der Waals surface area contributed by atoms with Crippen LogP contribution in [0.2, 0.25) is 0 Å². The van der Waals surface area contributed by atoms with E-state index in [4.69, 9.17) is 4.74 Å². The molecule has 3 aromatic rings. The van der Waals surface area contributed by atoms with E-state index in [1.807, 2.05) is 52.7 Å². The Kier molecular flexibility index (Phi) is 6.81. The number of hydrogen-bond acceptors (Lipinski definition) is 5. The standard InChI is InChI=1S/C27H27N3O4S/c31-25(22-13-8-16-35-22)28-21-12-7-11-20(17-21)24-23(26(32)29-14-5-2-6-15-29)30(27(33)34-24)18-19-9-3-1-4-10-19/h1,3-4,7-13,16-17,23-24H,2,5-6,14-15,18H2,(H,28,31). The molecule has 3 amide bonds. The Morgan fingerprint density at radius 1 is 0.971 bits per heavy atom. The molecule has 2 saturated heterocycles. The van der Waals surface area contributed by atoms with Gasteiger partial charge in [-0.3, -0.25) is 14.5 Å². The lowest BCUT2D eigenvalue weighted by Gasteiger charge is -2.33. The molecule has 7 nitrogen and oxygen atoms in total. The molecule has 35 heavy (non-hydrogen) atoms. The fraction of sp³-hybridized carbons (Fsp3) is 0.296. The first-order valence-corrected chi connectivity index (χ1v) is 12.7. The van der Waals surface area contributed by atoms with E-state index in [1.165, 1.54) is 16.2 Å². The molecule has 5 rings (SSSR count). The summed E-state index contributed by atoms with van der Waals surface area (Å²) >= 11 is 1.36. The monoisotopic (exact) mass is 489 g/mol. The highest BCUT2D eigenvalue weighted by molar-refractivity contribution is 7.12. The van der Waals surface area contributed by atoms with Crippen LogP contribution in [-0.4, -0.2) is 46.8 Å². The zero-order chi connectivity index (χ0) is 24.2. The van der Waals surface area contributed by atoms with Crippen LogP contribution in [0.3, 0.4) is 0 Å². The molecule has 0 aliphatic carbocycles. The summed E-state index contributed by atoms with van der Waals surface area (Å²) < 4.78 is 5.82. The molecule has 180 valence electrons. The van der Waals surface area contributed by atoms with Crippen molar-refractivity contribution in [2.45, 2.75) is 38.0 Å². The molecule has 0 bridgehead atoms. The number of ether oxygens (including phenoxy) is 1. The average Bonchev–Trinajstić information content (AvgIpc) is 3.54. The van der Waals surface area contributed by atoms with Crippen LogP contribution in [0.25, 0.3) is 0 Å². The van der Waals surface area contributed by atoms with Gasteiger partial charge in [-0.15, -0.1) is 11.3 Å². The fourth-order valence-electron chi connectivity index (χ4n) is 4.67. The topological polar surface area (TPSA) is 79.0 Å². The molecule has 2 unspecified atom stereocenters. The molecule has 0 spiro atoms. The quantitative estimate of drug-likeness (QED) is 0.524. The highest BCUT2D eigenvalue weighted by atomic mass is 32.1. The molecule has 2 aliphatic rings. The van der Waals surface area contributed by atoms with Crippen molar-refractivity contribution in [3.8, 4) is 0 Å². The van der Waals surface area contributed by atoms with Crippen molar-refractivity contribution < 1.29 is 19.1 Å². The van der Waals surface area contributed by atoms with Gasteiger partial charge in [-0.1, -0.05) is 48.5 Å². The smallest absolute Gasteiger partial charge is 0.411 e. The molecule has 8 heteroatoms. The van der Waals surface area contributed by atoms with Crippen molar-refractivity contribution in [1.82, 2.24) is 9.80 Å². The predicted octanol–water partition coefficient (Wildman–Crippen LogP) is 5.08. The summed E-state index contributed by atoms with van der Waals surface area (Å²) in [6, 6.07) is 19.6. The summed E-state index contributed by atoms with van der Waals surface area (Å²) in [5, 5.41) is 4.75. The number of nitrogens with zero attached hydrogens (tertiary/aromatic N) is 2. The van der Waals surface area contributed by atoms with Crippen LogP contribution in [0, 0.1) is 0 Å². The number of cyclic esters (lactones) is 1. The lowest BCUT2D eigenvalue weighted by atomic mass is 9.98. The Labute approximate surface area is 208 Å². The fourth-order valence-corrected chi connectivity index (χ4v) is 5.29. The zero-order valence-corrected chi connectivity index (χ0v) is 20.1. The van der Waals surface area contributed by atoms with Crippen molar-refractivity contribution >= 4 is 34.9 Å². The van der Waals surface area contributed by atoms with Gasteiger partial charge in [-0.05, 0) is 54.0 Å². The number of amides is 3. The molecule has 0 radical (unpaired) electrons. The van der Waals surface area contributed by atoms with Crippen LogP contribution >= 0.6 is 11.3 Å². The first-order valence-electron chi connectivity index (χ1n) is 11.8. The van der Waals surface area contributed by atoms with E-state index >= 15 is 0 Å². The molecule has 2 atom stereocenters. The third-order valence-corrected chi connectivity index (χ3v) is 7.29. The Balaban J connectivity index is 1.43. The van der Waals surface area contributed by atoms with Gasteiger partial charge in [0.05, 0.1) is 11.4 Å². The summed E-state index contributed by atoms with van der Waals surface area (Å²) in [6.07, 6.45) is 1.75. The number of benzene rings is 2. The van der Waals surface area contributed by atoms with Gasteiger partial charge >= 0.3 is 6.09 Å². The molecular weight excluding hydrogens is 462 g/mol. The average molecular weight is 490 g/mol. The second kappa shape index (κ2) is 10.3. The SMILES string of the molecule is O=C(Nc1cccc(C2OC(=O)N(Cc3ccccc3)C2C(=O)N2CCCCC2)c1)c1cccs1. The minimum absolute atomic E-state index is 0.0931. The Morgan fingerprint density at radius 3 is 2.51 bits per heavy atom. The molecular formula is C27H27N3O4S. The summed E-state index contributed by atoms with van der Waals surface area (Å²) in [7, 11) is 0. The van der Waals surface area contributed by atoms with Crippen molar-refractivity contribution in [3.05, 3.63) is 88.1 Å². The predicted molar refractivity (Wildman–Crippen MR) is 134 cm³/mol. The first-order chi connectivity index (χ1) is 17.1. The van der Waals surface area contributed by atoms with Gasteiger partial charge in [0.25, 0.3) is 5.91 Å². The van der Waals surface area contributed by atoms with Crippen molar-refractivity contribution in [2.24, 2.45) is 0 Å². The lowest BCUT2D eigenvalue weighted by molar-refractivity contribution is -0.137. The van der Waals surface area contributed by atoms with Gasteiger partial charge < -0.3 is 15.0 Å². The highest BCUT2D eigenvalue weighted by Gasteiger charge is 2.48. The normalized spacial score (nSPS) is 19.9. The van der Waals surface area contributed by atoms with Crippen molar-refractivity contribution in [2.75, 3.05) is 18.4 Å². The number of rotatable bonds is 6. The zero-order valence-electron chi connectivity index (χ0n) is 19.3. The molecule has 2 aliphatic heterocycles. The second-order valence-electron chi connectivity index (χ2n) is 8.81. The van der Waals surface area contributed by atoms with Gasteiger partial charge in [0.1, 0.15) is 0 Å². The number of piperidine rings is 1. The van der Waals surface area contributed by atoms with Crippen LogP contribution in [0.5, 0.6) is 0 Å². The number of carbonyl (C=O) groups is 3. The van der Waals surface area contributed by atoms with E-state index in [0.29, 0.717) is 29.2 Å². The number of thiophene rings is 1. The Bertz CT molecular complexity index is 1190. The van der Waals surface area contributed by atoms with Gasteiger partial charge in [-0.25, -0.2) is 4.79 Å². The molecule has 0 saturated carbocycles. The summed E-state index contributed by atoms with van der Waals surface area (Å²) in [5.74, 6) is -0.295. The molecule has 1 aromatic heterocycles. The summed E-state index contributed by atoms with van der Waals surface area (Å²) in [6.45, 7) is 1.66. The number of anilines is 1. The van der Waals surface area contributed by atoms with Gasteiger partial charge in [-0.2, -0.15) is 0 Å². The Hall–Kier alpha value is -3.65. The van der Waals surface area contributed by atoms with Crippen LogP contribution in [0.1, 0.15) is 46.2 Å². The largest absolute Gasteiger partial charge is 0.438 e. The summed E-state index contributed by atoms with van der Waals surface area (Å²) in [4.78, 5) is 43.3. The lowest BCUT2D eigenvalue weighted by Crippen LogP contribution is -2.49. The number of hydrogen-bond donors (Lipinski definition) is 1. The second-order valence-corrected chi connectivity index (χ2v) is 9.75. The number of nitrogens with one attached hydrogen (secondary N) is 1. The first kappa shape index (κ1) is 23.1. The Morgan fingerprint density at radius 2 is 1.77 bits per heavy atom. The van der Waals surface area contributed by atoms with E-state index in [1.54, 1.807) is 24.3 Å². The van der Waals surface area contributed by atoms with E-state index in [-0.39, 0.29) is 18.4 Å². The maximum Gasteiger partial charge on any atom is 0.411 e. The van der Waals surface area contributed by atoms with E-state index < -0.39 is 18.2 Å². The van der Waals surface area contributed by atoms with Gasteiger partial charge in [0.2, 0.25) is 5.91 Å². The van der Waals surface area contributed by atoms with Crippen LogP contribution in [0.15, 0.2) is 72.1 Å². The minimum atomic E-state index is -0.774. The molecule has 1 N–H and O–H groups in total. The van der Waals surface area contributed by atoms with Crippen LogP contribution in [0.4, 0.5) is 10.5 Å². The number of carbonyl (C=O) groups excluding carboxylic acids is 3. The van der Waals surface area contributed by atoms with E-state index in [0.717, 1.165) is 24.8 Å².